The van der Waals surface area contributed by atoms with Crippen LogP contribution in [0.15, 0.2) is 18.3 Å². The van der Waals surface area contributed by atoms with Crippen LogP contribution in [-0.4, -0.2) is 30.3 Å². The number of rotatable bonds is 2. The van der Waals surface area contributed by atoms with E-state index in [1.165, 1.54) is 0 Å². The highest BCUT2D eigenvalue weighted by molar-refractivity contribution is 5.65. The fourth-order valence-corrected chi connectivity index (χ4v) is 1.86. The molecule has 1 atom stereocenters. The maximum absolute atomic E-state index is 10.6. The molecule has 86 valence electrons. The van der Waals surface area contributed by atoms with Gasteiger partial charge in [-0.3, -0.25) is 0 Å². The normalized spacial score (nSPS) is 19.8. The Labute approximate surface area is 93.2 Å². The van der Waals surface area contributed by atoms with Crippen molar-refractivity contribution in [3.8, 4) is 0 Å². The van der Waals surface area contributed by atoms with E-state index in [1.54, 1.807) is 12.3 Å². The number of anilines is 2. The van der Waals surface area contributed by atoms with Gasteiger partial charge in [0.2, 0.25) is 0 Å². The van der Waals surface area contributed by atoms with Gasteiger partial charge in [-0.05, 0) is 6.07 Å². The van der Waals surface area contributed by atoms with Crippen LogP contribution in [0.2, 0.25) is 0 Å². The van der Waals surface area contributed by atoms with E-state index in [0.29, 0.717) is 12.4 Å². The van der Waals surface area contributed by atoms with Gasteiger partial charge in [0, 0.05) is 30.9 Å². The van der Waals surface area contributed by atoms with Gasteiger partial charge in [-0.2, -0.15) is 0 Å². The van der Waals surface area contributed by atoms with Crippen LogP contribution < -0.4 is 16.4 Å². The lowest BCUT2D eigenvalue weighted by Gasteiger charge is -2.18. The van der Waals surface area contributed by atoms with E-state index in [1.807, 2.05) is 6.07 Å². The highest BCUT2D eigenvalue weighted by Gasteiger charge is 2.25. The monoisotopic (exact) mass is 222 g/mol. The molecule has 6 nitrogen and oxygen atoms in total. The number of nitrogen functional groups attached to an aromatic ring is 1. The van der Waals surface area contributed by atoms with Crippen LogP contribution in [0, 0.1) is 0 Å². The molecule has 1 saturated heterocycles. The van der Waals surface area contributed by atoms with Gasteiger partial charge in [0.1, 0.15) is 11.9 Å². The summed E-state index contributed by atoms with van der Waals surface area (Å²) in [6.45, 7) is 1.47. The predicted octanol–water partition coefficient (Wildman–Crippen LogP) is 0.338. The molecule has 0 radical (unpaired) electrons. The Hall–Kier alpha value is -1.98. The van der Waals surface area contributed by atoms with E-state index >= 15 is 0 Å². The van der Waals surface area contributed by atoms with E-state index in [9.17, 15) is 4.79 Å². The van der Waals surface area contributed by atoms with Gasteiger partial charge in [-0.1, -0.05) is 0 Å². The number of hydrogen-bond donors (Lipinski definition) is 2. The molecule has 2 rings (SSSR count). The fraction of sp³-hybridized carbons (Fsp3) is 0.400. The minimum Gasteiger partial charge on any atom is -0.444 e. The summed E-state index contributed by atoms with van der Waals surface area (Å²) in [4.78, 5) is 16.6. The number of pyridine rings is 1. The van der Waals surface area contributed by atoms with Crippen molar-refractivity contribution < 1.29 is 9.53 Å². The van der Waals surface area contributed by atoms with Crippen LogP contribution in [0.4, 0.5) is 16.3 Å². The lowest BCUT2D eigenvalue weighted by molar-refractivity contribution is 0.117. The van der Waals surface area contributed by atoms with E-state index < -0.39 is 6.09 Å². The average molecular weight is 222 g/mol. The first kappa shape index (κ1) is 10.5. The largest absolute Gasteiger partial charge is 0.444 e. The smallest absolute Gasteiger partial charge is 0.404 e. The maximum atomic E-state index is 10.6. The summed E-state index contributed by atoms with van der Waals surface area (Å²) >= 11 is 0. The SMILES string of the molecule is NC(=O)O[C@H]1CCN(c2ccnc(N)c2)C1. The summed E-state index contributed by atoms with van der Waals surface area (Å²) in [5, 5.41) is 0. The third kappa shape index (κ3) is 2.33. The fourth-order valence-electron chi connectivity index (χ4n) is 1.86. The minimum atomic E-state index is -0.721. The van der Waals surface area contributed by atoms with Crippen molar-refractivity contribution in [1.82, 2.24) is 4.98 Å². The van der Waals surface area contributed by atoms with Crippen LogP contribution in [0.3, 0.4) is 0 Å². The van der Waals surface area contributed by atoms with E-state index in [4.69, 9.17) is 16.2 Å². The second-order valence-electron chi connectivity index (χ2n) is 3.73. The molecule has 1 aromatic heterocycles. The molecule has 0 aromatic carbocycles. The average Bonchev–Trinajstić information content (AvgIpc) is 2.65. The Balaban J connectivity index is 2.00. The summed E-state index contributed by atoms with van der Waals surface area (Å²) in [7, 11) is 0. The van der Waals surface area contributed by atoms with Crippen molar-refractivity contribution in [1.29, 1.82) is 0 Å². The third-order valence-corrected chi connectivity index (χ3v) is 2.56. The van der Waals surface area contributed by atoms with Crippen molar-refractivity contribution in [2.75, 3.05) is 23.7 Å². The first-order chi connectivity index (χ1) is 7.65. The van der Waals surface area contributed by atoms with Gasteiger partial charge >= 0.3 is 6.09 Å². The second kappa shape index (κ2) is 4.26. The van der Waals surface area contributed by atoms with E-state index in [-0.39, 0.29) is 6.10 Å². The number of hydrogen-bond acceptors (Lipinski definition) is 5. The second-order valence-corrected chi connectivity index (χ2v) is 3.73. The Morgan fingerprint density at radius 2 is 2.44 bits per heavy atom. The van der Waals surface area contributed by atoms with E-state index in [2.05, 4.69) is 9.88 Å². The molecule has 1 aliphatic heterocycles. The number of carbonyl (C=O) groups is 1. The molecular formula is C10H14N4O2. The van der Waals surface area contributed by atoms with Crippen LogP contribution >= 0.6 is 0 Å². The lowest BCUT2D eigenvalue weighted by Crippen LogP contribution is -2.27. The molecule has 0 aliphatic carbocycles. The van der Waals surface area contributed by atoms with Crippen LogP contribution in [0.25, 0.3) is 0 Å². The van der Waals surface area contributed by atoms with Gasteiger partial charge in [-0.25, -0.2) is 9.78 Å². The Kier molecular flexibility index (Phi) is 2.80. The molecule has 16 heavy (non-hydrogen) atoms. The van der Waals surface area contributed by atoms with Crippen molar-refractivity contribution in [2.45, 2.75) is 12.5 Å². The number of aromatic nitrogens is 1. The molecule has 1 aliphatic rings. The van der Waals surface area contributed by atoms with Crippen LogP contribution in [0.1, 0.15) is 6.42 Å². The third-order valence-electron chi connectivity index (χ3n) is 2.56. The van der Waals surface area contributed by atoms with Gasteiger partial charge in [-0.15, -0.1) is 0 Å². The quantitative estimate of drug-likeness (QED) is 0.752. The molecule has 1 fully saturated rings. The molecular weight excluding hydrogens is 208 g/mol. The van der Waals surface area contributed by atoms with E-state index in [0.717, 1.165) is 18.7 Å². The number of nitrogens with two attached hydrogens (primary N) is 2. The number of nitrogens with zero attached hydrogens (tertiary/aromatic N) is 2. The summed E-state index contributed by atoms with van der Waals surface area (Å²) < 4.78 is 4.94. The van der Waals surface area contributed by atoms with Gasteiger partial charge in [0.15, 0.2) is 0 Å². The zero-order valence-electron chi connectivity index (χ0n) is 8.80. The van der Waals surface area contributed by atoms with Crippen LogP contribution in [0.5, 0.6) is 0 Å². The molecule has 4 N–H and O–H groups in total. The van der Waals surface area contributed by atoms with Crippen molar-refractivity contribution in [2.24, 2.45) is 5.73 Å². The zero-order valence-corrected chi connectivity index (χ0v) is 8.80. The molecule has 1 aromatic rings. The number of carbonyl (C=O) groups excluding carboxylic acids is 1. The first-order valence-electron chi connectivity index (χ1n) is 5.08. The maximum Gasteiger partial charge on any atom is 0.404 e. The first-order valence-corrected chi connectivity index (χ1v) is 5.08. The molecule has 0 bridgehead atoms. The molecule has 0 spiro atoms. The molecule has 2 heterocycles. The summed E-state index contributed by atoms with van der Waals surface area (Å²) in [5.41, 5.74) is 11.6. The zero-order chi connectivity index (χ0) is 11.5. The van der Waals surface area contributed by atoms with Gasteiger partial charge < -0.3 is 21.1 Å². The Bertz CT molecular complexity index is 396. The summed E-state index contributed by atoms with van der Waals surface area (Å²) in [5.74, 6) is 0.483. The highest BCUT2D eigenvalue weighted by Crippen LogP contribution is 2.22. The van der Waals surface area contributed by atoms with Crippen molar-refractivity contribution in [3.63, 3.8) is 0 Å². The molecule has 1 amide bonds. The molecule has 0 saturated carbocycles. The Morgan fingerprint density at radius 1 is 1.62 bits per heavy atom. The Morgan fingerprint density at radius 3 is 3.12 bits per heavy atom. The van der Waals surface area contributed by atoms with Gasteiger partial charge in [0.05, 0.1) is 6.54 Å². The molecule has 6 heteroatoms. The van der Waals surface area contributed by atoms with Gasteiger partial charge in [0.25, 0.3) is 0 Å². The lowest BCUT2D eigenvalue weighted by atomic mass is 10.3. The highest BCUT2D eigenvalue weighted by atomic mass is 16.6. The van der Waals surface area contributed by atoms with Crippen LogP contribution in [-0.2, 0) is 4.74 Å². The number of ether oxygens (including phenoxy) is 1. The minimum absolute atomic E-state index is 0.133. The molecule has 0 unspecified atom stereocenters. The summed E-state index contributed by atoms with van der Waals surface area (Å²) in [6.07, 6.45) is 1.59. The number of amides is 1. The van der Waals surface area contributed by atoms with Crippen molar-refractivity contribution in [3.05, 3.63) is 18.3 Å². The van der Waals surface area contributed by atoms with Crippen molar-refractivity contribution >= 4 is 17.6 Å². The summed E-state index contributed by atoms with van der Waals surface area (Å²) in [6, 6.07) is 3.68. The topological polar surface area (TPSA) is 94.5 Å². The standard InChI is InChI=1S/C10H14N4O2/c11-9-5-7(1-3-13-9)14-4-2-8(6-14)16-10(12)15/h1,3,5,8H,2,4,6H2,(H2,11,13)(H2,12,15)/t8-/m0/s1. The predicted molar refractivity (Wildman–Crippen MR) is 59.9 cm³/mol. The number of primary amides is 1.